The first-order valence-electron chi connectivity index (χ1n) is 12.0. The number of amides is 3. The summed E-state index contributed by atoms with van der Waals surface area (Å²) in [5, 5.41) is 5.19. The van der Waals surface area contributed by atoms with E-state index in [1.165, 1.54) is 30.3 Å². The van der Waals surface area contributed by atoms with Crippen LogP contribution in [0.4, 0.5) is 14.5 Å². The number of anilines is 1. The highest BCUT2D eigenvalue weighted by molar-refractivity contribution is 6.22. The van der Waals surface area contributed by atoms with E-state index in [4.69, 9.17) is 4.74 Å². The van der Waals surface area contributed by atoms with E-state index in [1.54, 1.807) is 18.2 Å². The summed E-state index contributed by atoms with van der Waals surface area (Å²) in [5.41, 5.74) is 1.26. The predicted molar refractivity (Wildman–Crippen MR) is 129 cm³/mol. The Morgan fingerprint density at radius 1 is 1.03 bits per heavy atom. The SMILES string of the molecule is COc1ccc(C2CC(=O)C(=CNc3cccc4c3CN(C3CCC(=O)NC3=O)C4=O)C(=O)C2)c(F)c1F. The Balaban J connectivity index is 1.33. The third kappa shape index (κ3) is 4.33. The molecular weight excluding hydrogens is 500 g/mol. The second-order valence-corrected chi connectivity index (χ2v) is 9.37. The molecule has 2 heterocycles. The van der Waals surface area contributed by atoms with E-state index in [9.17, 15) is 32.8 Å². The van der Waals surface area contributed by atoms with Gasteiger partial charge in [-0.2, -0.15) is 4.39 Å². The summed E-state index contributed by atoms with van der Waals surface area (Å²) < 4.78 is 33.5. The number of ketones is 2. The number of piperidine rings is 1. The second kappa shape index (κ2) is 9.81. The highest BCUT2D eigenvalue weighted by Gasteiger charge is 2.40. The fraction of sp³-hybridized carbons (Fsp3) is 0.296. The van der Waals surface area contributed by atoms with Crippen molar-refractivity contribution in [3.8, 4) is 5.75 Å². The monoisotopic (exact) mass is 523 g/mol. The molecule has 196 valence electrons. The number of halogens is 2. The highest BCUT2D eigenvalue weighted by atomic mass is 19.2. The van der Waals surface area contributed by atoms with Crippen LogP contribution < -0.4 is 15.4 Å². The lowest BCUT2D eigenvalue weighted by molar-refractivity contribution is -0.137. The van der Waals surface area contributed by atoms with Crippen LogP contribution in [-0.4, -0.2) is 47.3 Å². The standard InChI is InChI=1S/C27H23F2N3O6/c1-38-22-7-5-14(24(28)25(22)29)13-9-20(33)16(21(34)10-13)11-30-18-4-2-3-15-17(18)12-32(27(15)37)19-6-8-23(35)31-26(19)36/h2-5,7,11,13,19,30H,6,8-10,12H2,1H3,(H,31,35,36). The molecule has 11 heteroatoms. The lowest BCUT2D eigenvalue weighted by atomic mass is 9.80. The summed E-state index contributed by atoms with van der Waals surface area (Å²) in [4.78, 5) is 63.8. The molecule has 3 amide bonds. The van der Waals surface area contributed by atoms with Gasteiger partial charge >= 0.3 is 0 Å². The maximum atomic E-state index is 14.5. The Bertz CT molecular complexity index is 1420. The molecule has 0 spiro atoms. The van der Waals surface area contributed by atoms with Gasteiger partial charge in [-0.15, -0.1) is 0 Å². The van der Waals surface area contributed by atoms with Crippen LogP contribution in [0.25, 0.3) is 0 Å². The van der Waals surface area contributed by atoms with Crippen molar-refractivity contribution in [2.75, 3.05) is 12.4 Å². The normalized spacial score (nSPS) is 21.4. The molecule has 0 aromatic heterocycles. The second-order valence-electron chi connectivity index (χ2n) is 9.37. The zero-order valence-corrected chi connectivity index (χ0v) is 20.3. The molecule has 2 aromatic rings. The minimum atomic E-state index is -1.17. The average molecular weight is 523 g/mol. The lowest BCUT2D eigenvalue weighted by Crippen LogP contribution is -2.52. The number of ether oxygens (including phenoxy) is 1. The number of hydrogen-bond donors (Lipinski definition) is 2. The summed E-state index contributed by atoms with van der Waals surface area (Å²) >= 11 is 0. The fourth-order valence-electron chi connectivity index (χ4n) is 5.17. The number of nitrogens with zero attached hydrogens (tertiary/aromatic N) is 1. The molecule has 0 bridgehead atoms. The minimum Gasteiger partial charge on any atom is -0.494 e. The Labute approximate surface area is 215 Å². The molecule has 1 atom stereocenters. The number of hydrogen-bond acceptors (Lipinski definition) is 7. The van der Waals surface area contributed by atoms with Gasteiger partial charge in [0.15, 0.2) is 23.1 Å². The largest absolute Gasteiger partial charge is 0.494 e. The van der Waals surface area contributed by atoms with E-state index in [0.29, 0.717) is 16.8 Å². The van der Waals surface area contributed by atoms with E-state index >= 15 is 0 Å². The van der Waals surface area contributed by atoms with E-state index in [2.05, 4.69) is 10.6 Å². The van der Waals surface area contributed by atoms with E-state index in [0.717, 1.165) is 0 Å². The summed E-state index contributed by atoms with van der Waals surface area (Å²) in [7, 11) is 1.21. The molecule has 2 aromatic carbocycles. The Morgan fingerprint density at radius 3 is 2.45 bits per heavy atom. The van der Waals surface area contributed by atoms with Gasteiger partial charge in [0.1, 0.15) is 6.04 Å². The molecule has 0 radical (unpaired) electrons. The van der Waals surface area contributed by atoms with Crippen LogP contribution in [0.5, 0.6) is 5.75 Å². The highest BCUT2D eigenvalue weighted by Crippen LogP contribution is 2.36. The van der Waals surface area contributed by atoms with Gasteiger partial charge in [-0.1, -0.05) is 12.1 Å². The first kappa shape index (κ1) is 25.2. The van der Waals surface area contributed by atoms with Crippen LogP contribution in [0.15, 0.2) is 42.1 Å². The third-order valence-corrected chi connectivity index (χ3v) is 7.15. The van der Waals surface area contributed by atoms with Gasteiger partial charge < -0.3 is 15.0 Å². The summed E-state index contributed by atoms with van der Waals surface area (Å²) in [6, 6.07) is 6.71. The summed E-state index contributed by atoms with van der Waals surface area (Å²) in [6.45, 7) is 0.110. The Morgan fingerprint density at radius 2 is 1.76 bits per heavy atom. The number of methoxy groups -OCH3 is 1. The van der Waals surface area contributed by atoms with Crippen molar-refractivity contribution in [1.29, 1.82) is 0 Å². The van der Waals surface area contributed by atoms with Crippen LogP contribution in [0.1, 0.15) is 53.1 Å². The van der Waals surface area contributed by atoms with Crippen LogP contribution in [0.2, 0.25) is 0 Å². The fourth-order valence-corrected chi connectivity index (χ4v) is 5.17. The Hall–Kier alpha value is -4.41. The predicted octanol–water partition coefficient (Wildman–Crippen LogP) is 2.75. The van der Waals surface area contributed by atoms with Crippen molar-refractivity contribution in [2.45, 2.75) is 44.2 Å². The van der Waals surface area contributed by atoms with Crippen LogP contribution in [0, 0.1) is 11.6 Å². The van der Waals surface area contributed by atoms with Crippen molar-refractivity contribution in [1.82, 2.24) is 10.2 Å². The van der Waals surface area contributed by atoms with Crippen molar-refractivity contribution < 1.29 is 37.5 Å². The number of benzene rings is 2. The zero-order chi connectivity index (χ0) is 27.1. The molecular formula is C27H23F2N3O6. The lowest BCUT2D eigenvalue weighted by Gasteiger charge is -2.29. The number of Topliss-reactive ketones (excluding diaryl/α,β-unsaturated/α-hetero) is 2. The number of allylic oxidation sites excluding steroid dienone is 1. The quantitative estimate of drug-likeness (QED) is 0.351. The number of carbonyl (C=O) groups is 5. The van der Waals surface area contributed by atoms with Gasteiger partial charge in [0.25, 0.3) is 5.91 Å². The van der Waals surface area contributed by atoms with Crippen molar-refractivity contribution in [2.24, 2.45) is 0 Å². The van der Waals surface area contributed by atoms with Crippen molar-refractivity contribution in [3.05, 3.63) is 70.4 Å². The number of carbonyl (C=O) groups excluding carboxylic acids is 5. The van der Waals surface area contributed by atoms with Gasteiger partial charge in [0.05, 0.1) is 12.7 Å². The van der Waals surface area contributed by atoms with E-state index in [-0.39, 0.29) is 60.9 Å². The van der Waals surface area contributed by atoms with Crippen molar-refractivity contribution in [3.63, 3.8) is 0 Å². The first-order valence-corrected chi connectivity index (χ1v) is 12.0. The molecule has 3 aliphatic rings. The number of rotatable bonds is 5. The van der Waals surface area contributed by atoms with Crippen LogP contribution in [-0.2, 0) is 25.7 Å². The molecule has 2 fully saturated rings. The van der Waals surface area contributed by atoms with E-state index in [1.807, 2.05) is 0 Å². The Kier molecular flexibility index (Phi) is 6.52. The van der Waals surface area contributed by atoms with Gasteiger partial charge in [-0.05, 0) is 30.2 Å². The maximum Gasteiger partial charge on any atom is 0.255 e. The third-order valence-electron chi connectivity index (χ3n) is 7.15. The summed E-state index contributed by atoms with van der Waals surface area (Å²) in [6.07, 6.45) is 1.25. The minimum absolute atomic E-state index is 0.0649. The van der Waals surface area contributed by atoms with Gasteiger partial charge in [0, 0.05) is 54.7 Å². The molecule has 9 nitrogen and oxygen atoms in total. The topological polar surface area (TPSA) is 122 Å². The zero-order valence-electron chi connectivity index (χ0n) is 20.3. The first-order chi connectivity index (χ1) is 18.2. The molecule has 5 rings (SSSR count). The van der Waals surface area contributed by atoms with Gasteiger partial charge in [-0.25, -0.2) is 4.39 Å². The molecule has 1 saturated carbocycles. The van der Waals surface area contributed by atoms with Crippen LogP contribution >= 0.6 is 0 Å². The molecule has 38 heavy (non-hydrogen) atoms. The van der Waals surface area contributed by atoms with E-state index < -0.39 is 41.1 Å². The summed E-state index contributed by atoms with van der Waals surface area (Å²) in [5.74, 6) is -5.72. The van der Waals surface area contributed by atoms with Gasteiger partial charge in [0.2, 0.25) is 17.6 Å². The van der Waals surface area contributed by atoms with Gasteiger partial charge in [-0.3, -0.25) is 29.3 Å². The van der Waals surface area contributed by atoms with Crippen molar-refractivity contribution >= 4 is 35.0 Å². The number of fused-ring (bicyclic) bond motifs is 1. The molecule has 2 N–H and O–H groups in total. The average Bonchev–Trinajstić information content (AvgIpc) is 3.22. The number of imide groups is 1. The molecule has 1 aliphatic carbocycles. The smallest absolute Gasteiger partial charge is 0.255 e. The van der Waals surface area contributed by atoms with Crippen LogP contribution in [0.3, 0.4) is 0 Å². The molecule has 1 unspecified atom stereocenters. The number of nitrogens with one attached hydrogen (secondary N) is 2. The molecule has 1 saturated heterocycles. The maximum absolute atomic E-state index is 14.5. The molecule has 2 aliphatic heterocycles.